The van der Waals surface area contributed by atoms with Crippen LogP contribution in [-0.2, 0) is 9.53 Å². The lowest BCUT2D eigenvalue weighted by atomic mass is 10.1. The molecule has 0 saturated carbocycles. The number of rotatable bonds is 7. The second kappa shape index (κ2) is 9.97. The van der Waals surface area contributed by atoms with Gasteiger partial charge in [0.05, 0.1) is 24.8 Å². The molecule has 1 atom stereocenters. The minimum atomic E-state index is -2.42. The number of benzene rings is 2. The standard InChI is InChI=1S/C20H16F5NO4/c1-2-30-20(29)11(8-26-12(9-27)10-6-4-3-5-7-10)19(28)13-14(21)16(23)18(25)17(24)15(13)22/h3-8,12,27-28H,2,9H2,1H3/b19-11+,26-8?/t12-/m0/s1. The number of nitrogens with zero attached hydrogens (tertiary/aromatic N) is 1. The summed E-state index contributed by atoms with van der Waals surface area (Å²) in [5, 5.41) is 19.7. The maximum atomic E-state index is 14.0. The number of carbonyl (C=O) groups excluding carboxylic acids is 1. The van der Waals surface area contributed by atoms with E-state index in [2.05, 4.69) is 9.73 Å². The van der Waals surface area contributed by atoms with Crippen molar-refractivity contribution in [3.05, 3.63) is 76.1 Å². The molecule has 2 rings (SSSR count). The number of hydrogen-bond donors (Lipinski definition) is 2. The van der Waals surface area contributed by atoms with E-state index in [1.807, 2.05) is 0 Å². The Morgan fingerprint density at radius 1 is 1.03 bits per heavy atom. The Labute approximate surface area is 167 Å². The zero-order valence-electron chi connectivity index (χ0n) is 15.5. The van der Waals surface area contributed by atoms with Gasteiger partial charge in [-0.2, -0.15) is 0 Å². The Balaban J connectivity index is 2.65. The molecule has 10 heteroatoms. The molecule has 5 nitrogen and oxygen atoms in total. The quantitative estimate of drug-likeness (QED) is 0.133. The van der Waals surface area contributed by atoms with Crippen LogP contribution < -0.4 is 0 Å². The molecule has 0 aromatic heterocycles. The Morgan fingerprint density at radius 2 is 1.57 bits per heavy atom. The maximum Gasteiger partial charge on any atom is 0.343 e. The summed E-state index contributed by atoms with van der Waals surface area (Å²) in [6, 6.07) is 7.22. The fourth-order valence-corrected chi connectivity index (χ4v) is 2.45. The zero-order valence-corrected chi connectivity index (χ0v) is 15.5. The average molecular weight is 429 g/mol. The van der Waals surface area contributed by atoms with Gasteiger partial charge in [0.15, 0.2) is 23.3 Å². The second-order valence-electron chi connectivity index (χ2n) is 5.81. The van der Waals surface area contributed by atoms with Crippen molar-refractivity contribution in [3.8, 4) is 0 Å². The number of carbonyl (C=O) groups is 1. The van der Waals surface area contributed by atoms with Crippen LogP contribution in [0.4, 0.5) is 22.0 Å². The molecule has 0 aliphatic rings. The lowest BCUT2D eigenvalue weighted by Crippen LogP contribution is -2.15. The Kier molecular flexibility index (Phi) is 7.65. The van der Waals surface area contributed by atoms with Gasteiger partial charge in [-0.1, -0.05) is 30.3 Å². The van der Waals surface area contributed by atoms with E-state index in [1.165, 1.54) is 6.92 Å². The molecule has 0 aliphatic heterocycles. The SMILES string of the molecule is CCOC(=O)/C(C=N[C@@H](CO)c1ccccc1)=C(/O)c1c(F)c(F)c(F)c(F)c1F. The van der Waals surface area contributed by atoms with Crippen molar-refractivity contribution in [2.75, 3.05) is 13.2 Å². The number of esters is 1. The fourth-order valence-electron chi connectivity index (χ4n) is 2.45. The van der Waals surface area contributed by atoms with Gasteiger partial charge in [-0.05, 0) is 12.5 Å². The largest absolute Gasteiger partial charge is 0.506 e. The van der Waals surface area contributed by atoms with Crippen LogP contribution in [0, 0.1) is 29.1 Å². The van der Waals surface area contributed by atoms with Gasteiger partial charge in [-0.3, -0.25) is 4.99 Å². The monoisotopic (exact) mass is 429 g/mol. The lowest BCUT2D eigenvalue weighted by molar-refractivity contribution is -0.137. The molecular formula is C20H16F5NO4. The number of ether oxygens (including phenoxy) is 1. The highest BCUT2D eigenvalue weighted by Crippen LogP contribution is 2.29. The van der Waals surface area contributed by atoms with Crippen molar-refractivity contribution in [3.63, 3.8) is 0 Å². The molecule has 0 fully saturated rings. The highest BCUT2D eigenvalue weighted by atomic mass is 19.2. The van der Waals surface area contributed by atoms with Crippen LogP contribution in [0.25, 0.3) is 5.76 Å². The second-order valence-corrected chi connectivity index (χ2v) is 5.81. The van der Waals surface area contributed by atoms with Gasteiger partial charge in [0.25, 0.3) is 0 Å². The van der Waals surface area contributed by atoms with E-state index in [-0.39, 0.29) is 6.61 Å². The summed E-state index contributed by atoms with van der Waals surface area (Å²) in [5.74, 6) is -14.6. The van der Waals surface area contributed by atoms with Gasteiger partial charge in [-0.15, -0.1) is 0 Å². The van der Waals surface area contributed by atoms with E-state index >= 15 is 0 Å². The van der Waals surface area contributed by atoms with Crippen LogP contribution in [0.1, 0.15) is 24.1 Å². The summed E-state index contributed by atoms with van der Waals surface area (Å²) in [4.78, 5) is 16.0. The molecule has 0 radical (unpaired) electrons. The summed E-state index contributed by atoms with van der Waals surface area (Å²) in [7, 11) is 0. The zero-order chi connectivity index (χ0) is 22.4. The minimum absolute atomic E-state index is 0.220. The first-order valence-corrected chi connectivity index (χ1v) is 8.55. The lowest BCUT2D eigenvalue weighted by Gasteiger charge is -2.12. The number of aliphatic hydroxyl groups is 2. The highest BCUT2D eigenvalue weighted by Gasteiger charge is 2.30. The van der Waals surface area contributed by atoms with E-state index in [9.17, 15) is 37.0 Å². The first-order chi connectivity index (χ1) is 14.2. The number of hydrogen-bond acceptors (Lipinski definition) is 5. The Morgan fingerprint density at radius 3 is 2.07 bits per heavy atom. The molecule has 0 heterocycles. The first kappa shape index (κ1) is 23.0. The molecule has 30 heavy (non-hydrogen) atoms. The molecule has 0 spiro atoms. The Hall–Kier alpha value is -3.27. The highest BCUT2D eigenvalue weighted by molar-refractivity contribution is 6.15. The van der Waals surface area contributed by atoms with Gasteiger partial charge >= 0.3 is 5.97 Å². The maximum absolute atomic E-state index is 14.0. The number of aliphatic hydroxyl groups excluding tert-OH is 2. The molecule has 0 saturated heterocycles. The minimum Gasteiger partial charge on any atom is -0.506 e. The topological polar surface area (TPSA) is 79.1 Å². The Bertz CT molecular complexity index is 963. The van der Waals surface area contributed by atoms with Crippen LogP contribution in [0.5, 0.6) is 0 Å². The third kappa shape index (κ3) is 4.65. The number of aliphatic imine (C=N–C) groups is 1. The predicted molar refractivity (Wildman–Crippen MR) is 97.2 cm³/mol. The molecule has 160 valence electrons. The molecule has 0 amide bonds. The summed E-state index contributed by atoms with van der Waals surface area (Å²) >= 11 is 0. The molecule has 0 unspecified atom stereocenters. The predicted octanol–water partition coefficient (Wildman–Crippen LogP) is 4.02. The summed E-state index contributed by atoms with van der Waals surface area (Å²) in [6.45, 7) is 0.630. The number of halogens is 5. The van der Waals surface area contributed by atoms with Gasteiger partial charge < -0.3 is 14.9 Å². The summed E-state index contributed by atoms with van der Waals surface area (Å²) < 4.78 is 73.0. The third-order valence-electron chi connectivity index (χ3n) is 3.94. The van der Waals surface area contributed by atoms with Gasteiger partial charge in [-0.25, -0.2) is 26.7 Å². The summed E-state index contributed by atoms with van der Waals surface area (Å²) in [5.41, 5.74) is -2.18. The van der Waals surface area contributed by atoms with Crippen molar-refractivity contribution in [1.82, 2.24) is 0 Å². The molecule has 2 aromatic rings. The average Bonchev–Trinajstić information content (AvgIpc) is 2.74. The summed E-state index contributed by atoms with van der Waals surface area (Å²) in [6.07, 6.45) is 0.638. The van der Waals surface area contributed by atoms with E-state index in [4.69, 9.17) is 0 Å². The van der Waals surface area contributed by atoms with Gasteiger partial charge in [0.1, 0.15) is 11.3 Å². The van der Waals surface area contributed by atoms with Crippen LogP contribution in [0.15, 0.2) is 40.9 Å². The van der Waals surface area contributed by atoms with E-state index in [0.717, 1.165) is 0 Å². The van der Waals surface area contributed by atoms with Crippen molar-refractivity contribution < 1.29 is 41.7 Å². The fraction of sp³-hybridized carbons (Fsp3) is 0.200. The van der Waals surface area contributed by atoms with Crippen LogP contribution in [0.2, 0.25) is 0 Å². The molecule has 2 N–H and O–H groups in total. The van der Waals surface area contributed by atoms with Gasteiger partial charge in [0.2, 0.25) is 5.82 Å². The molecule has 2 aromatic carbocycles. The molecule has 0 bridgehead atoms. The molecular weight excluding hydrogens is 413 g/mol. The van der Waals surface area contributed by atoms with E-state index in [0.29, 0.717) is 11.8 Å². The van der Waals surface area contributed by atoms with Crippen LogP contribution in [0.3, 0.4) is 0 Å². The third-order valence-corrected chi connectivity index (χ3v) is 3.94. The van der Waals surface area contributed by atoms with Gasteiger partial charge in [0, 0.05) is 6.21 Å². The van der Waals surface area contributed by atoms with Crippen molar-refractivity contribution in [1.29, 1.82) is 0 Å². The van der Waals surface area contributed by atoms with E-state index < -0.39 is 64.6 Å². The molecule has 0 aliphatic carbocycles. The van der Waals surface area contributed by atoms with Crippen molar-refractivity contribution in [2.24, 2.45) is 4.99 Å². The normalized spacial score (nSPS) is 13.3. The van der Waals surface area contributed by atoms with Crippen molar-refractivity contribution >= 4 is 17.9 Å². The first-order valence-electron chi connectivity index (χ1n) is 8.55. The van der Waals surface area contributed by atoms with Crippen molar-refractivity contribution in [2.45, 2.75) is 13.0 Å². The van der Waals surface area contributed by atoms with Crippen LogP contribution >= 0.6 is 0 Å². The van der Waals surface area contributed by atoms with E-state index in [1.54, 1.807) is 30.3 Å². The smallest absolute Gasteiger partial charge is 0.343 e. The van der Waals surface area contributed by atoms with Crippen LogP contribution in [-0.4, -0.2) is 35.6 Å².